The average Bonchev–Trinajstić information content (AvgIpc) is 2.46. The number of benzene rings is 1. The molecule has 1 aromatic carbocycles. The molecule has 4 nitrogen and oxygen atoms in total. The number of ether oxygens (including phenoxy) is 1. The molecule has 140 valence electrons. The van der Waals surface area contributed by atoms with Gasteiger partial charge in [0.2, 0.25) is 5.84 Å². The van der Waals surface area contributed by atoms with E-state index in [4.69, 9.17) is 0 Å². The number of aliphatic imine (C=N–C) groups is 1. The molecule has 1 aromatic rings. The van der Waals surface area contributed by atoms with E-state index in [0.29, 0.717) is 10.5 Å². The average molecular weight is 370 g/mol. The smallest absolute Gasteiger partial charge is 0.406 e. The molecule has 0 saturated heterocycles. The van der Waals surface area contributed by atoms with E-state index in [-0.39, 0.29) is 11.3 Å². The molecule has 0 aliphatic carbocycles. The number of hydrogen-bond acceptors (Lipinski definition) is 3. The zero-order valence-electron chi connectivity index (χ0n) is 13.5. The Balaban J connectivity index is 3.20. The van der Waals surface area contributed by atoms with Crippen molar-refractivity contribution in [1.82, 2.24) is 4.90 Å². The summed E-state index contributed by atoms with van der Waals surface area (Å²) in [6.07, 6.45) is -9.57. The van der Waals surface area contributed by atoms with Crippen molar-refractivity contribution in [2.24, 2.45) is 4.99 Å². The Labute approximate surface area is 140 Å². The van der Waals surface area contributed by atoms with Gasteiger partial charge in [-0.1, -0.05) is 12.1 Å². The largest absolute Gasteiger partial charge is 0.573 e. The van der Waals surface area contributed by atoms with E-state index in [1.54, 1.807) is 0 Å². The summed E-state index contributed by atoms with van der Waals surface area (Å²) >= 11 is 0. The van der Waals surface area contributed by atoms with Crippen molar-refractivity contribution in [2.75, 3.05) is 20.7 Å². The maximum atomic E-state index is 12.9. The van der Waals surface area contributed by atoms with Gasteiger partial charge in [0.25, 0.3) is 0 Å². The molecule has 0 radical (unpaired) electrons. The van der Waals surface area contributed by atoms with Crippen LogP contribution in [0.25, 0.3) is 5.57 Å². The van der Waals surface area contributed by atoms with E-state index in [2.05, 4.69) is 9.73 Å². The van der Waals surface area contributed by atoms with Gasteiger partial charge in [-0.25, -0.2) is 0 Å². The van der Waals surface area contributed by atoms with Crippen LogP contribution in [0.4, 0.5) is 26.3 Å². The van der Waals surface area contributed by atoms with Gasteiger partial charge >= 0.3 is 12.5 Å². The third-order valence-electron chi connectivity index (χ3n) is 3.29. The van der Waals surface area contributed by atoms with Crippen LogP contribution in [0.1, 0.15) is 12.5 Å². The van der Waals surface area contributed by atoms with Crippen molar-refractivity contribution >= 4 is 11.4 Å². The van der Waals surface area contributed by atoms with Crippen molar-refractivity contribution in [2.45, 2.75) is 19.5 Å². The third kappa shape index (κ3) is 5.66. The summed E-state index contributed by atoms with van der Waals surface area (Å²) in [5.41, 5.74) is 0.472. The second-order valence-electron chi connectivity index (χ2n) is 4.91. The first-order valence-electron chi connectivity index (χ1n) is 6.85. The van der Waals surface area contributed by atoms with Crippen LogP contribution in [-0.2, 0) is 0 Å². The molecule has 0 aliphatic rings. The van der Waals surface area contributed by atoms with Gasteiger partial charge in [0, 0.05) is 19.8 Å². The molecule has 1 rings (SSSR count). The second-order valence-corrected chi connectivity index (χ2v) is 4.91. The highest BCUT2D eigenvalue weighted by Gasteiger charge is 2.39. The van der Waals surface area contributed by atoms with Crippen molar-refractivity contribution in [3.05, 3.63) is 35.5 Å². The number of aliphatic hydroxyl groups is 1. The number of alkyl halides is 6. The van der Waals surface area contributed by atoms with Gasteiger partial charge in [-0.15, -0.1) is 13.2 Å². The van der Waals surface area contributed by atoms with Crippen LogP contribution in [0, 0.1) is 0 Å². The standard InChI is InChI=1S/C15H16F6N2O2/c1-9(10-4-6-11(7-5-10)25-15(19,20)21)12(8-24)23(3)13(22-2)14(16,17)18/h4-7,24H,8H2,1-3H3/b12-9+,22-13?. The van der Waals surface area contributed by atoms with Gasteiger partial charge in [-0.3, -0.25) is 4.99 Å². The van der Waals surface area contributed by atoms with Crippen LogP contribution in [0.5, 0.6) is 5.75 Å². The van der Waals surface area contributed by atoms with Crippen LogP contribution in [-0.4, -0.2) is 49.1 Å². The first kappa shape index (κ1) is 20.8. The highest BCUT2D eigenvalue weighted by Crippen LogP contribution is 2.28. The predicted molar refractivity (Wildman–Crippen MR) is 80.0 cm³/mol. The van der Waals surface area contributed by atoms with Crippen molar-refractivity contribution in [3.8, 4) is 5.75 Å². The molecule has 0 bridgehead atoms. The molecule has 0 aromatic heterocycles. The Morgan fingerprint density at radius 1 is 1.12 bits per heavy atom. The van der Waals surface area contributed by atoms with E-state index in [1.807, 2.05) is 0 Å². The van der Waals surface area contributed by atoms with Gasteiger partial charge in [0.15, 0.2) is 0 Å². The lowest BCUT2D eigenvalue weighted by molar-refractivity contribution is -0.274. The zero-order valence-corrected chi connectivity index (χ0v) is 13.5. The van der Waals surface area contributed by atoms with Crippen LogP contribution in [0.15, 0.2) is 35.0 Å². The SMILES string of the molecule is CN=C(N(C)/C(CO)=C(\C)c1ccc(OC(F)(F)F)cc1)C(F)(F)F. The molecule has 0 heterocycles. The lowest BCUT2D eigenvalue weighted by Crippen LogP contribution is -2.39. The van der Waals surface area contributed by atoms with E-state index in [9.17, 15) is 31.4 Å². The second kappa shape index (κ2) is 7.77. The van der Waals surface area contributed by atoms with Gasteiger partial charge in [0.1, 0.15) is 5.75 Å². The molecule has 0 amide bonds. The molecule has 0 atom stereocenters. The van der Waals surface area contributed by atoms with Crippen molar-refractivity contribution < 1.29 is 36.2 Å². The molecular weight excluding hydrogens is 354 g/mol. The molecule has 0 spiro atoms. The third-order valence-corrected chi connectivity index (χ3v) is 3.29. The number of likely N-dealkylation sites (N-methyl/N-ethyl adjacent to an activating group) is 1. The first-order valence-corrected chi connectivity index (χ1v) is 6.85. The molecule has 0 unspecified atom stereocenters. The molecule has 10 heteroatoms. The minimum Gasteiger partial charge on any atom is -0.406 e. The molecule has 25 heavy (non-hydrogen) atoms. The highest BCUT2D eigenvalue weighted by molar-refractivity contribution is 5.90. The maximum absolute atomic E-state index is 12.9. The Kier molecular flexibility index (Phi) is 6.47. The fraction of sp³-hybridized carbons (Fsp3) is 0.400. The Morgan fingerprint density at radius 2 is 1.64 bits per heavy atom. The Hall–Kier alpha value is -2.23. The normalized spacial score (nSPS) is 14.2. The molecule has 0 aliphatic heterocycles. The topological polar surface area (TPSA) is 45.1 Å². The number of nitrogens with zero attached hydrogens (tertiary/aromatic N) is 2. The van der Waals surface area contributed by atoms with Gasteiger partial charge in [-0.2, -0.15) is 13.2 Å². The van der Waals surface area contributed by atoms with E-state index >= 15 is 0 Å². The summed E-state index contributed by atoms with van der Waals surface area (Å²) in [7, 11) is 2.05. The van der Waals surface area contributed by atoms with Crippen LogP contribution >= 0.6 is 0 Å². The van der Waals surface area contributed by atoms with Gasteiger partial charge in [0.05, 0.1) is 6.61 Å². The number of rotatable bonds is 4. The summed E-state index contributed by atoms with van der Waals surface area (Å²) in [6.45, 7) is 0.712. The summed E-state index contributed by atoms with van der Waals surface area (Å²) < 4.78 is 79.0. The Morgan fingerprint density at radius 3 is 2.00 bits per heavy atom. The number of hydrogen-bond donors (Lipinski definition) is 1. The van der Waals surface area contributed by atoms with E-state index in [0.717, 1.165) is 26.2 Å². The van der Waals surface area contributed by atoms with E-state index in [1.165, 1.54) is 19.1 Å². The zero-order chi connectivity index (χ0) is 19.4. The van der Waals surface area contributed by atoms with Crippen LogP contribution in [0.2, 0.25) is 0 Å². The molecule has 0 fully saturated rings. The monoisotopic (exact) mass is 370 g/mol. The number of amidine groups is 1. The molecule has 1 N–H and O–H groups in total. The van der Waals surface area contributed by atoms with Crippen molar-refractivity contribution in [3.63, 3.8) is 0 Å². The van der Waals surface area contributed by atoms with Gasteiger partial charge in [-0.05, 0) is 30.2 Å². The minimum atomic E-state index is -4.85. The summed E-state index contributed by atoms with van der Waals surface area (Å²) in [4.78, 5) is 3.88. The Bertz CT molecular complexity index is 647. The predicted octanol–water partition coefficient (Wildman–Crippen LogP) is 3.83. The number of halogens is 6. The fourth-order valence-corrected chi connectivity index (χ4v) is 2.14. The lowest BCUT2D eigenvalue weighted by Gasteiger charge is -2.26. The summed E-state index contributed by atoms with van der Waals surface area (Å²) in [5.74, 6) is -1.68. The highest BCUT2D eigenvalue weighted by atomic mass is 19.4. The van der Waals surface area contributed by atoms with Crippen molar-refractivity contribution in [1.29, 1.82) is 0 Å². The minimum absolute atomic E-state index is 0.0950. The maximum Gasteiger partial charge on any atom is 0.573 e. The van der Waals surface area contributed by atoms with Gasteiger partial charge < -0.3 is 14.7 Å². The van der Waals surface area contributed by atoms with Crippen LogP contribution in [0.3, 0.4) is 0 Å². The van der Waals surface area contributed by atoms with Crippen LogP contribution < -0.4 is 4.74 Å². The first-order chi connectivity index (χ1) is 11.4. The number of allylic oxidation sites excluding steroid dienone is 1. The quantitative estimate of drug-likeness (QED) is 0.498. The fourth-order valence-electron chi connectivity index (χ4n) is 2.14. The van der Waals surface area contributed by atoms with E-state index < -0.39 is 30.7 Å². The molecular formula is C15H16F6N2O2. The summed E-state index contributed by atoms with van der Waals surface area (Å²) in [5, 5.41) is 9.45. The summed E-state index contributed by atoms with van der Waals surface area (Å²) in [6, 6.07) is 4.55. The number of aliphatic hydroxyl groups excluding tert-OH is 1. The molecule has 0 saturated carbocycles. The lowest BCUT2D eigenvalue weighted by atomic mass is 10.0.